The van der Waals surface area contributed by atoms with Gasteiger partial charge in [-0.1, -0.05) is 63.7 Å². The largest absolute Gasteiger partial charge is 0.493 e. The number of para-hydroxylation sites is 1. The molecule has 1 aliphatic rings. The molecule has 228 valence electrons. The Morgan fingerprint density at radius 2 is 1.80 bits per heavy atom. The molecule has 4 aromatic rings. The maximum absolute atomic E-state index is 14.2. The van der Waals surface area contributed by atoms with Gasteiger partial charge in [0.05, 0.1) is 42.2 Å². The Bertz CT molecular complexity index is 1930. The zero-order valence-corrected chi connectivity index (χ0v) is 27.0. The Hall–Kier alpha value is -4.22. The number of hydrogen-bond acceptors (Lipinski definition) is 8. The van der Waals surface area contributed by atoms with E-state index < -0.39 is 12.0 Å². The zero-order valence-electron chi connectivity index (χ0n) is 24.6. The number of aromatic nitrogens is 1. The molecule has 5 rings (SSSR count). The van der Waals surface area contributed by atoms with Gasteiger partial charge >= 0.3 is 5.97 Å². The van der Waals surface area contributed by atoms with Crippen molar-refractivity contribution in [1.29, 1.82) is 0 Å². The van der Waals surface area contributed by atoms with Gasteiger partial charge < -0.3 is 18.9 Å². The van der Waals surface area contributed by atoms with Crippen molar-refractivity contribution in [2.24, 2.45) is 4.99 Å². The highest BCUT2D eigenvalue weighted by molar-refractivity contribution is 9.10. The summed E-state index contributed by atoms with van der Waals surface area (Å²) in [4.78, 5) is 32.6. The molecular weight excluding hydrogens is 651 g/mol. The second kappa shape index (κ2) is 13.6. The van der Waals surface area contributed by atoms with Crippen molar-refractivity contribution < 1.29 is 28.1 Å². The lowest BCUT2D eigenvalue weighted by molar-refractivity contribution is -0.139. The summed E-state index contributed by atoms with van der Waals surface area (Å²) in [6.45, 7) is 5.92. The van der Waals surface area contributed by atoms with Gasteiger partial charge in [0.25, 0.3) is 5.56 Å². The van der Waals surface area contributed by atoms with E-state index in [0.717, 1.165) is 0 Å². The Morgan fingerprint density at radius 1 is 1.05 bits per heavy atom. The number of benzene rings is 3. The van der Waals surface area contributed by atoms with Crippen molar-refractivity contribution >= 4 is 39.3 Å². The molecule has 0 radical (unpaired) electrons. The molecule has 0 fully saturated rings. The van der Waals surface area contributed by atoms with Gasteiger partial charge in [0.1, 0.15) is 18.2 Å². The van der Waals surface area contributed by atoms with Crippen LogP contribution in [0.4, 0.5) is 4.39 Å². The summed E-state index contributed by atoms with van der Waals surface area (Å²) < 4.78 is 39.4. The third-order valence-electron chi connectivity index (χ3n) is 6.94. The molecule has 0 saturated heterocycles. The van der Waals surface area contributed by atoms with E-state index in [9.17, 15) is 14.0 Å². The molecule has 0 aliphatic carbocycles. The fourth-order valence-corrected chi connectivity index (χ4v) is 6.49. The van der Waals surface area contributed by atoms with Crippen LogP contribution in [0.2, 0.25) is 0 Å². The third-order valence-corrected chi connectivity index (χ3v) is 8.61. The normalized spacial score (nSPS) is 14.6. The molecular formula is C33H30BrFN2O6S. The third kappa shape index (κ3) is 6.20. The molecule has 0 unspecified atom stereocenters. The highest BCUT2D eigenvalue weighted by atomic mass is 79.9. The lowest BCUT2D eigenvalue weighted by Gasteiger charge is -2.26. The van der Waals surface area contributed by atoms with Crippen molar-refractivity contribution in [3.05, 3.63) is 119 Å². The Kier molecular flexibility index (Phi) is 9.65. The number of hydrogen-bond donors (Lipinski definition) is 0. The fourth-order valence-electron chi connectivity index (χ4n) is 4.92. The first-order valence-corrected chi connectivity index (χ1v) is 15.5. The molecule has 2 heterocycles. The summed E-state index contributed by atoms with van der Waals surface area (Å²) in [6.07, 6.45) is 1.72. The Morgan fingerprint density at radius 3 is 2.52 bits per heavy atom. The van der Waals surface area contributed by atoms with Crippen LogP contribution in [0.15, 0.2) is 86.2 Å². The van der Waals surface area contributed by atoms with E-state index in [1.54, 1.807) is 62.4 Å². The van der Waals surface area contributed by atoms with Crippen molar-refractivity contribution in [3.8, 4) is 17.2 Å². The van der Waals surface area contributed by atoms with E-state index in [1.165, 1.54) is 29.1 Å². The molecule has 0 amide bonds. The van der Waals surface area contributed by atoms with E-state index in [-0.39, 0.29) is 30.2 Å². The van der Waals surface area contributed by atoms with Gasteiger partial charge in [-0.15, -0.1) is 0 Å². The van der Waals surface area contributed by atoms with Crippen molar-refractivity contribution in [2.45, 2.75) is 33.4 Å². The predicted molar refractivity (Wildman–Crippen MR) is 169 cm³/mol. The van der Waals surface area contributed by atoms with Crippen LogP contribution >= 0.6 is 27.3 Å². The highest BCUT2D eigenvalue weighted by Gasteiger charge is 2.35. The number of thiazole rings is 1. The number of fused-ring (bicyclic) bond motifs is 1. The summed E-state index contributed by atoms with van der Waals surface area (Å²) in [5.74, 6) is 0.526. The van der Waals surface area contributed by atoms with Crippen LogP contribution in [-0.4, -0.2) is 30.9 Å². The fraction of sp³-hybridized carbons (Fsp3) is 0.242. The molecule has 0 saturated carbocycles. The molecule has 0 bridgehead atoms. The number of ether oxygens (including phenoxy) is 4. The maximum atomic E-state index is 14.2. The zero-order chi connectivity index (χ0) is 31.4. The Balaban J connectivity index is 1.65. The number of methoxy groups -OCH3 is 1. The lowest BCUT2D eigenvalue weighted by Crippen LogP contribution is -2.40. The van der Waals surface area contributed by atoms with E-state index in [4.69, 9.17) is 18.9 Å². The minimum absolute atomic E-state index is 0.0223. The van der Waals surface area contributed by atoms with Crippen molar-refractivity contribution in [2.75, 3.05) is 20.3 Å². The van der Waals surface area contributed by atoms with Gasteiger partial charge in [0.15, 0.2) is 16.3 Å². The van der Waals surface area contributed by atoms with Gasteiger partial charge in [0.2, 0.25) is 0 Å². The number of nitrogens with zero attached hydrogens (tertiary/aromatic N) is 2. The molecule has 0 N–H and O–H groups in total. The highest BCUT2D eigenvalue weighted by Crippen LogP contribution is 2.41. The minimum Gasteiger partial charge on any atom is -0.493 e. The first kappa shape index (κ1) is 31.2. The molecule has 3 aromatic carbocycles. The first-order chi connectivity index (χ1) is 21.3. The molecule has 1 atom stereocenters. The predicted octanol–water partition coefficient (Wildman–Crippen LogP) is 5.69. The molecule has 44 heavy (non-hydrogen) atoms. The van der Waals surface area contributed by atoms with Gasteiger partial charge in [-0.05, 0) is 56.7 Å². The topological polar surface area (TPSA) is 88.4 Å². The summed E-state index contributed by atoms with van der Waals surface area (Å²) >= 11 is 4.83. The Labute approximate surface area is 265 Å². The maximum Gasteiger partial charge on any atom is 0.338 e. The van der Waals surface area contributed by atoms with Crippen LogP contribution in [0.5, 0.6) is 17.2 Å². The summed E-state index contributed by atoms with van der Waals surface area (Å²) in [5, 5.41) is 0. The van der Waals surface area contributed by atoms with Crippen LogP contribution in [0, 0.1) is 5.82 Å². The molecule has 1 aliphatic heterocycles. The van der Waals surface area contributed by atoms with Crippen molar-refractivity contribution in [3.63, 3.8) is 0 Å². The van der Waals surface area contributed by atoms with E-state index in [1.807, 2.05) is 19.1 Å². The number of rotatable bonds is 10. The molecule has 0 spiro atoms. The minimum atomic E-state index is -0.862. The monoisotopic (exact) mass is 680 g/mol. The molecule has 1 aromatic heterocycles. The average Bonchev–Trinajstić information content (AvgIpc) is 3.31. The summed E-state index contributed by atoms with van der Waals surface area (Å²) in [7, 11) is 1.53. The van der Waals surface area contributed by atoms with Crippen LogP contribution in [0.3, 0.4) is 0 Å². The number of carbonyl (C=O) groups is 1. The van der Waals surface area contributed by atoms with Crippen LogP contribution in [0.25, 0.3) is 6.08 Å². The lowest BCUT2D eigenvalue weighted by atomic mass is 9.95. The standard InChI is InChI=1S/C33H30BrFN2O6S/c1-5-41-27-17-23(34)22(16-26(27)40-4)30-29(32(39)42-6-2)19(3)36-33-37(30)31(38)28(44-33)15-20-11-8-10-14-25(20)43-18-21-12-7-9-13-24(21)35/h7-17,30H,5-6,18H2,1-4H3/b28-15+/t30-/m1/s1. The number of allylic oxidation sites excluding steroid dienone is 1. The van der Waals surface area contributed by atoms with Gasteiger partial charge in [-0.2, -0.15) is 0 Å². The molecule has 8 nitrogen and oxygen atoms in total. The SMILES string of the molecule is CCOC(=O)C1=C(C)N=c2s/c(=C/c3ccccc3OCc3ccccc3F)c(=O)n2[C@@H]1c1cc(OC)c(OCC)cc1Br. The van der Waals surface area contributed by atoms with Crippen LogP contribution < -0.4 is 29.1 Å². The summed E-state index contributed by atoms with van der Waals surface area (Å²) in [6, 6.07) is 16.3. The van der Waals surface area contributed by atoms with E-state index >= 15 is 0 Å². The van der Waals surface area contributed by atoms with Gasteiger partial charge in [-0.3, -0.25) is 9.36 Å². The quantitative estimate of drug-likeness (QED) is 0.200. The van der Waals surface area contributed by atoms with Gasteiger partial charge in [0, 0.05) is 15.6 Å². The number of esters is 1. The average molecular weight is 682 g/mol. The van der Waals surface area contributed by atoms with E-state index in [0.29, 0.717) is 60.0 Å². The molecule has 11 heteroatoms. The number of carbonyl (C=O) groups excluding carboxylic acids is 1. The second-order valence-electron chi connectivity index (χ2n) is 9.68. The first-order valence-electron chi connectivity index (χ1n) is 13.9. The number of halogens is 2. The summed E-state index contributed by atoms with van der Waals surface area (Å²) in [5.41, 5.74) is 1.98. The van der Waals surface area contributed by atoms with Crippen LogP contribution in [0.1, 0.15) is 43.5 Å². The van der Waals surface area contributed by atoms with E-state index in [2.05, 4.69) is 20.9 Å². The van der Waals surface area contributed by atoms with Crippen LogP contribution in [-0.2, 0) is 16.1 Å². The smallest absolute Gasteiger partial charge is 0.338 e. The van der Waals surface area contributed by atoms with Gasteiger partial charge in [-0.25, -0.2) is 14.2 Å². The second-order valence-corrected chi connectivity index (χ2v) is 11.5. The van der Waals surface area contributed by atoms with Crippen molar-refractivity contribution in [1.82, 2.24) is 4.57 Å².